The summed E-state index contributed by atoms with van der Waals surface area (Å²) in [6, 6.07) is 1.11. The molecule has 0 bridgehead atoms. The van der Waals surface area contributed by atoms with Crippen molar-refractivity contribution in [1.82, 2.24) is 15.2 Å². The molecular weight excluding hydrogens is 338 g/mol. The number of carbonyl (C=O) groups excluding carboxylic acids is 2. The van der Waals surface area contributed by atoms with Crippen LogP contribution in [-0.4, -0.2) is 54.0 Å². The molecule has 1 aliphatic rings. The molecule has 0 radical (unpaired) electrons. The largest absolute Gasteiger partial charge is 0.377 e. The highest BCUT2D eigenvalue weighted by molar-refractivity contribution is 9.10. The third-order valence-electron chi connectivity index (χ3n) is 3.19. The third-order valence-corrected chi connectivity index (χ3v) is 3.63. The molecule has 1 atom stereocenters. The van der Waals surface area contributed by atoms with Gasteiger partial charge in [0, 0.05) is 30.0 Å². The summed E-state index contributed by atoms with van der Waals surface area (Å²) in [7, 11) is 0. The van der Waals surface area contributed by atoms with Gasteiger partial charge in [-0.05, 0) is 28.4 Å². The first kappa shape index (κ1) is 15.9. The first-order chi connectivity index (χ1) is 10.1. The zero-order chi connectivity index (χ0) is 15.2. The lowest BCUT2D eigenvalue weighted by Crippen LogP contribution is -2.56. The Morgan fingerprint density at radius 3 is 3.05 bits per heavy atom. The lowest BCUT2D eigenvalue weighted by Gasteiger charge is -2.34. The van der Waals surface area contributed by atoms with Gasteiger partial charge in [-0.15, -0.1) is 0 Å². The van der Waals surface area contributed by atoms with Gasteiger partial charge in [-0.25, -0.2) is 0 Å². The molecule has 0 spiro atoms. The molecule has 1 unspecified atom stereocenters. The molecule has 7 heteroatoms. The van der Waals surface area contributed by atoms with Gasteiger partial charge in [-0.2, -0.15) is 0 Å². The van der Waals surface area contributed by atoms with Gasteiger partial charge in [0.05, 0.1) is 18.8 Å². The fourth-order valence-corrected chi connectivity index (χ4v) is 2.49. The minimum Gasteiger partial charge on any atom is -0.377 e. The molecule has 114 valence electrons. The predicted octanol–water partition coefficient (Wildman–Crippen LogP) is 1.21. The average Bonchev–Trinajstić information content (AvgIpc) is 2.52. The van der Waals surface area contributed by atoms with Gasteiger partial charge in [0.1, 0.15) is 6.04 Å². The molecule has 0 aromatic carbocycles. The predicted molar refractivity (Wildman–Crippen MR) is 80.9 cm³/mol. The second kappa shape index (κ2) is 7.51. The van der Waals surface area contributed by atoms with Gasteiger partial charge in [0.25, 0.3) is 5.91 Å². The monoisotopic (exact) mass is 355 g/mol. The Morgan fingerprint density at radius 2 is 2.33 bits per heavy atom. The summed E-state index contributed by atoms with van der Waals surface area (Å²) in [5.74, 6) is -0.378. The maximum Gasteiger partial charge on any atom is 0.256 e. The molecule has 21 heavy (non-hydrogen) atoms. The van der Waals surface area contributed by atoms with Gasteiger partial charge >= 0.3 is 0 Å². The van der Waals surface area contributed by atoms with E-state index in [1.54, 1.807) is 17.2 Å². The standard InChI is InChI=1S/C14H18BrN3O3/c1-2-3-17-13(19)12-9-21-5-4-18(12)14(20)10-6-11(15)8-16-7-10/h6-8,12H,2-5,9H2,1H3,(H,17,19). The highest BCUT2D eigenvalue weighted by atomic mass is 79.9. The number of nitrogens with zero attached hydrogens (tertiary/aromatic N) is 2. The van der Waals surface area contributed by atoms with Crippen LogP contribution >= 0.6 is 15.9 Å². The number of aromatic nitrogens is 1. The third kappa shape index (κ3) is 4.01. The fraction of sp³-hybridized carbons (Fsp3) is 0.500. The summed E-state index contributed by atoms with van der Waals surface area (Å²) in [6.45, 7) is 3.63. The lowest BCUT2D eigenvalue weighted by atomic mass is 10.1. The van der Waals surface area contributed by atoms with Gasteiger partial charge in [-0.3, -0.25) is 14.6 Å². The fourth-order valence-electron chi connectivity index (χ4n) is 2.12. The van der Waals surface area contributed by atoms with E-state index in [4.69, 9.17) is 4.74 Å². The molecule has 2 rings (SSSR count). The first-order valence-electron chi connectivity index (χ1n) is 6.90. The highest BCUT2D eigenvalue weighted by Crippen LogP contribution is 2.15. The van der Waals surface area contributed by atoms with Crippen molar-refractivity contribution in [3.8, 4) is 0 Å². The van der Waals surface area contributed by atoms with Crippen LogP contribution in [0.4, 0.5) is 0 Å². The van der Waals surface area contributed by atoms with Gasteiger partial charge in [0.15, 0.2) is 0 Å². The number of morpholine rings is 1. The molecule has 1 aromatic heterocycles. The minimum absolute atomic E-state index is 0.173. The van der Waals surface area contributed by atoms with Crippen LogP contribution < -0.4 is 5.32 Å². The Morgan fingerprint density at radius 1 is 1.52 bits per heavy atom. The van der Waals surface area contributed by atoms with Crippen LogP contribution in [0.2, 0.25) is 0 Å². The molecule has 1 aromatic rings. The first-order valence-corrected chi connectivity index (χ1v) is 7.69. The Balaban J connectivity index is 2.14. The molecule has 6 nitrogen and oxygen atoms in total. The van der Waals surface area contributed by atoms with E-state index in [0.29, 0.717) is 25.3 Å². The van der Waals surface area contributed by atoms with Crippen molar-refractivity contribution in [2.24, 2.45) is 0 Å². The van der Waals surface area contributed by atoms with Crippen molar-refractivity contribution in [2.45, 2.75) is 19.4 Å². The number of halogens is 1. The van der Waals surface area contributed by atoms with Gasteiger partial charge < -0.3 is 15.0 Å². The summed E-state index contributed by atoms with van der Waals surface area (Å²) >= 11 is 3.30. The second-order valence-corrected chi connectivity index (χ2v) is 5.69. The highest BCUT2D eigenvalue weighted by Gasteiger charge is 2.33. The Bertz CT molecular complexity index is 524. The molecular formula is C14H18BrN3O3. The van der Waals surface area contributed by atoms with Crippen LogP contribution in [0, 0.1) is 0 Å². The number of hydrogen-bond donors (Lipinski definition) is 1. The van der Waals surface area contributed by atoms with E-state index in [-0.39, 0.29) is 18.4 Å². The molecule has 1 N–H and O–H groups in total. The lowest BCUT2D eigenvalue weighted by molar-refractivity contribution is -0.130. The maximum atomic E-state index is 12.6. The van der Waals surface area contributed by atoms with Crippen molar-refractivity contribution >= 4 is 27.7 Å². The van der Waals surface area contributed by atoms with E-state index < -0.39 is 6.04 Å². The SMILES string of the molecule is CCCNC(=O)C1COCCN1C(=O)c1cncc(Br)c1. The van der Waals surface area contributed by atoms with E-state index in [1.807, 2.05) is 6.92 Å². The number of nitrogens with one attached hydrogen (secondary N) is 1. The van der Waals surface area contributed by atoms with Crippen molar-refractivity contribution in [3.63, 3.8) is 0 Å². The van der Waals surface area contributed by atoms with E-state index in [2.05, 4.69) is 26.2 Å². The Kier molecular flexibility index (Phi) is 5.69. The number of amides is 2. The quantitative estimate of drug-likeness (QED) is 0.881. The van der Waals surface area contributed by atoms with Crippen molar-refractivity contribution < 1.29 is 14.3 Å². The molecule has 1 saturated heterocycles. The number of carbonyl (C=O) groups is 2. The van der Waals surface area contributed by atoms with Crippen LogP contribution in [0.15, 0.2) is 22.9 Å². The zero-order valence-corrected chi connectivity index (χ0v) is 13.4. The minimum atomic E-state index is -0.586. The summed E-state index contributed by atoms with van der Waals surface area (Å²) in [6.07, 6.45) is 3.97. The van der Waals surface area contributed by atoms with Crippen molar-refractivity contribution in [1.29, 1.82) is 0 Å². The van der Waals surface area contributed by atoms with E-state index in [9.17, 15) is 9.59 Å². The molecule has 1 fully saturated rings. The van der Waals surface area contributed by atoms with Crippen molar-refractivity contribution in [2.75, 3.05) is 26.3 Å². The Labute approximate surface area is 132 Å². The van der Waals surface area contributed by atoms with Crippen molar-refractivity contribution in [3.05, 3.63) is 28.5 Å². The summed E-state index contributed by atoms with van der Waals surface area (Å²) < 4.78 is 6.07. The van der Waals surface area contributed by atoms with Crippen LogP contribution in [-0.2, 0) is 9.53 Å². The summed E-state index contributed by atoms with van der Waals surface area (Å²) in [5, 5.41) is 2.81. The normalized spacial score (nSPS) is 18.4. The van der Waals surface area contributed by atoms with Gasteiger partial charge in [-0.1, -0.05) is 6.92 Å². The van der Waals surface area contributed by atoms with E-state index in [0.717, 1.165) is 10.9 Å². The maximum absolute atomic E-state index is 12.6. The smallest absolute Gasteiger partial charge is 0.256 e. The number of ether oxygens (including phenoxy) is 1. The summed E-state index contributed by atoms with van der Waals surface area (Å²) in [4.78, 5) is 30.3. The molecule has 0 saturated carbocycles. The molecule has 0 aliphatic carbocycles. The van der Waals surface area contributed by atoms with Crippen LogP contribution in [0.1, 0.15) is 23.7 Å². The second-order valence-electron chi connectivity index (χ2n) is 4.77. The molecule has 2 amide bonds. The van der Waals surface area contributed by atoms with E-state index in [1.165, 1.54) is 6.20 Å². The number of pyridine rings is 1. The van der Waals surface area contributed by atoms with Crippen LogP contribution in [0.3, 0.4) is 0 Å². The number of hydrogen-bond acceptors (Lipinski definition) is 4. The topological polar surface area (TPSA) is 71.5 Å². The molecule has 1 aliphatic heterocycles. The average molecular weight is 356 g/mol. The zero-order valence-electron chi connectivity index (χ0n) is 11.8. The van der Waals surface area contributed by atoms with Crippen LogP contribution in [0.5, 0.6) is 0 Å². The number of rotatable bonds is 4. The summed E-state index contributed by atoms with van der Waals surface area (Å²) in [5.41, 5.74) is 0.458. The van der Waals surface area contributed by atoms with E-state index >= 15 is 0 Å². The van der Waals surface area contributed by atoms with Crippen LogP contribution in [0.25, 0.3) is 0 Å². The Hall–Kier alpha value is -1.47. The molecule has 2 heterocycles. The van der Waals surface area contributed by atoms with Gasteiger partial charge in [0.2, 0.25) is 5.91 Å².